The number of hydrogen-bond donors (Lipinski definition) is 1. The Bertz CT molecular complexity index is 745. The van der Waals surface area contributed by atoms with Gasteiger partial charge in [-0.1, -0.05) is 6.92 Å². The van der Waals surface area contributed by atoms with E-state index in [4.69, 9.17) is 4.42 Å². The number of fused-ring (bicyclic) bond motifs is 1. The summed E-state index contributed by atoms with van der Waals surface area (Å²) in [5.74, 6) is 2.30. The molecule has 3 aromatic rings. The van der Waals surface area contributed by atoms with E-state index in [2.05, 4.69) is 35.2 Å². The Balaban J connectivity index is 2.16. The summed E-state index contributed by atoms with van der Waals surface area (Å²) in [5, 5.41) is 4.48. The van der Waals surface area contributed by atoms with Gasteiger partial charge in [0, 0.05) is 11.4 Å². The third-order valence-corrected chi connectivity index (χ3v) is 4.07. The lowest BCUT2D eigenvalue weighted by Gasteiger charge is -2.07. The molecule has 0 saturated heterocycles. The second-order valence-electron chi connectivity index (χ2n) is 4.83. The number of rotatable bonds is 4. The quantitative estimate of drug-likeness (QED) is 0.773. The molecule has 20 heavy (non-hydrogen) atoms. The highest BCUT2D eigenvalue weighted by Crippen LogP contribution is 2.32. The van der Waals surface area contributed by atoms with Crippen LogP contribution in [0.1, 0.15) is 23.8 Å². The first-order valence-corrected chi connectivity index (χ1v) is 7.57. The normalized spacial score (nSPS) is 11.2. The molecular weight excluding hydrogens is 270 g/mol. The van der Waals surface area contributed by atoms with E-state index in [1.807, 2.05) is 13.0 Å². The maximum absolute atomic E-state index is 5.52. The molecule has 3 heterocycles. The van der Waals surface area contributed by atoms with Gasteiger partial charge in [0.15, 0.2) is 11.6 Å². The Kier molecular flexibility index (Phi) is 3.44. The SMILES string of the molecule is CCCNc1nc(-c2occc2C)nc2sc(C)cc12. The largest absolute Gasteiger partial charge is 0.461 e. The van der Waals surface area contributed by atoms with Crippen molar-refractivity contribution in [3.63, 3.8) is 0 Å². The molecule has 4 nitrogen and oxygen atoms in total. The van der Waals surface area contributed by atoms with Crippen LogP contribution in [0.4, 0.5) is 5.82 Å². The van der Waals surface area contributed by atoms with Gasteiger partial charge in [0.05, 0.1) is 11.6 Å². The van der Waals surface area contributed by atoms with E-state index in [0.29, 0.717) is 5.82 Å². The topological polar surface area (TPSA) is 51.0 Å². The van der Waals surface area contributed by atoms with Gasteiger partial charge in [0.2, 0.25) is 0 Å². The Labute approximate surface area is 121 Å². The zero-order chi connectivity index (χ0) is 14.1. The minimum absolute atomic E-state index is 0.653. The lowest BCUT2D eigenvalue weighted by atomic mass is 10.2. The Hall–Kier alpha value is -1.88. The number of aromatic nitrogens is 2. The highest BCUT2D eigenvalue weighted by Gasteiger charge is 2.14. The smallest absolute Gasteiger partial charge is 0.199 e. The molecule has 0 aliphatic carbocycles. The van der Waals surface area contributed by atoms with Crippen LogP contribution in [0.5, 0.6) is 0 Å². The molecule has 0 aromatic carbocycles. The highest BCUT2D eigenvalue weighted by molar-refractivity contribution is 7.18. The van der Waals surface area contributed by atoms with Crippen LogP contribution >= 0.6 is 11.3 Å². The molecule has 5 heteroatoms. The fourth-order valence-electron chi connectivity index (χ4n) is 2.12. The number of anilines is 1. The summed E-state index contributed by atoms with van der Waals surface area (Å²) in [4.78, 5) is 11.5. The molecule has 0 atom stereocenters. The Morgan fingerprint density at radius 1 is 1.30 bits per heavy atom. The van der Waals surface area contributed by atoms with Gasteiger partial charge in [0.25, 0.3) is 0 Å². The number of thiophene rings is 1. The van der Waals surface area contributed by atoms with E-state index in [1.165, 1.54) is 4.88 Å². The van der Waals surface area contributed by atoms with Gasteiger partial charge in [-0.3, -0.25) is 0 Å². The van der Waals surface area contributed by atoms with Crippen molar-refractivity contribution in [2.45, 2.75) is 27.2 Å². The summed E-state index contributed by atoms with van der Waals surface area (Å²) in [6.07, 6.45) is 2.74. The predicted molar refractivity (Wildman–Crippen MR) is 83.4 cm³/mol. The molecule has 1 N–H and O–H groups in total. The first-order valence-electron chi connectivity index (χ1n) is 6.75. The Morgan fingerprint density at radius 3 is 2.85 bits per heavy atom. The van der Waals surface area contributed by atoms with Crippen molar-refractivity contribution in [1.82, 2.24) is 9.97 Å². The number of furan rings is 1. The van der Waals surface area contributed by atoms with Gasteiger partial charge >= 0.3 is 0 Å². The van der Waals surface area contributed by atoms with Crippen LogP contribution in [0.15, 0.2) is 22.8 Å². The number of nitrogens with one attached hydrogen (secondary N) is 1. The van der Waals surface area contributed by atoms with Crippen LogP contribution < -0.4 is 5.32 Å². The van der Waals surface area contributed by atoms with Gasteiger partial charge in [-0.15, -0.1) is 11.3 Å². The monoisotopic (exact) mass is 287 g/mol. The lowest BCUT2D eigenvalue weighted by molar-refractivity contribution is 0.576. The van der Waals surface area contributed by atoms with Crippen LogP contribution in [0.25, 0.3) is 21.8 Å². The first-order chi connectivity index (χ1) is 9.69. The van der Waals surface area contributed by atoms with E-state index >= 15 is 0 Å². The molecule has 0 spiro atoms. The van der Waals surface area contributed by atoms with Crippen LogP contribution in [0.2, 0.25) is 0 Å². The Morgan fingerprint density at radius 2 is 2.15 bits per heavy atom. The van der Waals surface area contributed by atoms with Crippen LogP contribution in [0, 0.1) is 13.8 Å². The molecular formula is C15H17N3OS. The number of aryl methyl sites for hydroxylation is 2. The van der Waals surface area contributed by atoms with Gasteiger partial charge in [-0.05, 0) is 38.0 Å². The fraction of sp³-hybridized carbons (Fsp3) is 0.333. The molecule has 0 aliphatic rings. The lowest BCUT2D eigenvalue weighted by Crippen LogP contribution is -2.04. The minimum Gasteiger partial charge on any atom is -0.461 e. The molecule has 104 valence electrons. The molecule has 3 rings (SSSR count). The zero-order valence-electron chi connectivity index (χ0n) is 11.9. The fourth-order valence-corrected chi connectivity index (χ4v) is 3.00. The number of nitrogens with zero attached hydrogens (tertiary/aromatic N) is 2. The number of hydrogen-bond acceptors (Lipinski definition) is 5. The first kappa shape index (κ1) is 13.1. The minimum atomic E-state index is 0.653. The molecule has 0 saturated carbocycles. The molecule has 0 bridgehead atoms. The maximum atomic E-state index is 5.52. The van der Waals surface area contributed by atoms with Crippen molar-refractivity contribution < 1.29 is 4.42 Å². The average molecular weight is 287 g/mol. The van der Waals surface area contributed by atoms with Gasteiger partial charge < -0.3 is 9.73 Å². The predicted octanol–water partition coefficient (Wildman–Crippen LogP) is 4.39. The standard InChI is InChI=1S/C15H17N3OS/c1-4-6-16-13-11-8-10(3)20-15(11)18-14(17-13)12-9(2)5-7-19-12/h5,7-8H,4,6H2,1-3H3,(H,16,17,18). The molecule has 0 amide bonds. The van der Waals surface area contributed by atoms with Crippen molar-refractivity contribution in [3.8, 4) is 11.6 Å². The zero-order valence-corrected chi connectivity index (χ0v) is 12.7. The average Bonchev–Trinajstić information content (AvgIpc) is 3.00. The summed E-state index contributed by atoms with van der Waals surface area (Å²) in [6.45, 7) is 7.14. The highest BCUT2D eigenvalue weighted by atomic mass is 32.1. The molecule has 0 radical (unpaired) electrons. The molecule has 0 fully saturated rings. The van der Waals surface area contributed by atoms with Crippen molar-refractivity contribution in [2.75, 3.05) is 11.9 Å². The second kappa shape index (κ2) is 5.25. The van der Waals surface area contributed by atoms with Crippen LogP contribution in [-0.4, -0.2) is 16.5 Å². The van der Waals surface area contributed by atoms with Gasteiger partial charge in [-0.25, -0.2) is 9.97 Å². The van der Waals surface area contributed by atoms with Crippen molar-refractivity contribution in [1.29, 1.82) is 0 Å². The van der Waals surface area contributed by atoms with Crippen molar-refractivity contribution in [3.05, 3.63) is 28.8 Å². The van der Waals surface area contributed by atoms with Gasteiger partial charge in [0.1, 0.15) is 10.6 Å². The summed E-state index contributed by atoms with van der Waals surface area (Å²) in [6, 6.07) is 4.07. The van der Waals surface area contributed by atoms with Crippen LogP contribution in [0.3, 0.4) is 0 Å². The summed E-state index contributed by atoms with van der Waals surface area (Å²) < 4.78 is 5.52. The summed E-state index contributed by atoms with van der Waals surface area (Å²) in [5.41, 5.74) is 1.05. The van der Waals surface area contributed by atoms with Crippen LogP contribution in [-0.2, 0) is 0 Å². The van der Waals surface area contributed by atoms with E-state index in [-0.39, 0.29) is 0 Å². The van der Waals surface area contributed by atoms with Gasteiger partial charge in [-0.2, -0.15) is 0 Å². The summed E-state index contributed by atoms with van der Waals surface area (Å²) in [7, 11) is 0. The van der Waals surface area contributed by atoms with Crippen molar-refractivity contribution in [2.24, 2.45) is 0 Å². The van der Waals surface area contributed by atoms with E-state index in [0.717, 1.165) is 40.3 Å². The van der Waals surface area contributed by atoms with E-state index in [9.17, 15) is 0 Å². The molecule has 0 unspecified atom stereocenters. The van der Waals surface area contributed by atoms with E-state index < -0.39 is 0 Å². The summed E-state index contributed by atoms with van der Waals surface area (Å²) >= 11 is 1.68. The molecule has 0 aliphatic heterocycles. The third kappa shape index (κ3) is 2.29. The molecule has 3 aromatic heterocycles. The second-order valence-corrected chi connectivity index (χ2v) is 6.07. The van der Waals surface area contributed by atoms with E-state index in [1.54, 1.807) is 17.6 Å². The van der Waals surface area contributed by atoms with Crippen molar-refractivity contribution >= 4 is 27.4 Å². The maximum Gasteiger partial charge on any atom is 0.199 e. The third-order valence-electron chi connectivity index (χ3n) is 3.12.